The lowest BCUT2D eigenvalue weighted by Gasteiger charge is -2.12. The minimum atomic E-state index is -3.90. The Balaban J connectivity index is 1.79. The van der Waals surface area contributed by atoms with E-state index in [1.165, 1.54) is 36.0 Å². The third-order valence-corrected chi connectivity index (χ3v) is 6.90. The molecule has 0 saturated heterocycles. The van der Waals surface area contributed by atoms with E-state index in [1.807, 2.05) is 6.07 Å². The van der Waals surface area contributed by atoms with Crippen LogP contribution in [0.2, 0.25) is 0 Å². The number of sulfonamides is 1. The zero-order chi connectivity index (χ0) is 21.3. The van der Waals surface area contributed by atoms with E-state index >= 15 is 0 Å². The van der Waals surface area contributed by atoms with Gasteiger partial charge in [-0.2, -0.15) is 0 Å². The van der Waals surface area contributed by atoms with Crippen LogP contribution in [0.3, 0.4) is 0 Å². The topological polar surface area (TPSA) is 118 Å². The minimum absolute atomic E-state index is 0.0634. The summed E-state index contributed by atoms with van der Waals surface area (Å²) in [7, 11) is -3.90. The molecule has 3 aromatic carbocycles. The van der Waals surface area contributed by atoms with Gasteiger partial charge < -0.3 is 10.8 Å². The molecule has 4 aromatic rings. The van der Waals surface area contributed by atoms with Crippen molar-refractivity contribution in [2.45, 2.75) is 14.8 Å². The van der Waals surface area contributed by atoms with Crippen LogP contribution in [0.4, 0.5) is 11.5 Å². The van der Waals surface area contributed by atoms with Crippen molar-refractivity contribution in [3.63, 3.8) is 0 Å². The van der Waals surface area contributed by atoms with Gasteiger partial charge in [-0.15, -0.1) is 0 Å². The van der Waals surface area contributed by atoms with Gasteiger partial charge in [-0.3, -0.25) is 4.72 Å². The lowest BCUT2D eigenvalue weighted by molar-refractivity contribution is 0.475. The second-order valence-corrected chi connectivity index (χ2v) is 9.94. The van der Waals surface area contributed by atoms with Gasteiger partial charge in [-0.25, -0.2) is 18.4 Å². The molecule has 0 aliphatic heterocycles. The number of nitrogens with two attached hydrogens (primary N) is 1. The van der Waals surface area contributed by atoms with Gasteiger partial charge in [-0.05, 0) is 66.7 Å². The summed E-state index contributed by atoms with van der Waals surface area (Å²) in [5, 5.41) is 9.88. The van der Waals surface area contributed by atoms with Gasteiger partial charge in [0.2, 0.25) is 0 Å². The van der Waals surface area contributed by atoms with E-state index in [4.69, 9.17) is 5.73 Å². The standard InChI is InChI=1S/C20H15BrN4O3S2/c21-12-1-10-17-18(11-12)23-19(20(24-17)29-15-6-4-14(26)5-7-15)25-30(27,28)16-8-2-13(22)3-9-16/h1-11,26H,22H2,(H,23,25). The predicted molar refractivity (Wildman–Crippen MR) is 121 cm³/mol. The first-order valence-corrected chi connectivity index (χ1v) is 11.7. The molecular weight excluding hydrogens is 488 g/mol. The molecule has 0 unspecified atom stereocenters. The lowest BCUT2D eigenvalue weighted by atomic mass is 10.3. The number of rotatable bonds is 5. The van der Waals surface area contributed by atoms with E-state index in [9.17, 15) is 13.5 Å². The highest BCUT2D eigenvalue weighted by Gasteiger charge is 2.19. The predicted octanol–water partition coefficient (Wildman–Crippen LogP) is 4.63. The van der Waals surface area contributed by atoms with E-state index in [1.54, 1.807) is 36.4 Å². The molecular formula is C20H15BrN4O3S2. The Morgan fingerprint density at radius 3 is 2.33 bits per heavy atom. The first kappa shape index (κ1) is 20.5. The fourth-order valence-electron chi connectivity index (χ4n) is 2.61. The lowest BCUT2D eigenvalue weighted by Crippen LogP contribution is -2.15. The summed E-state index contributed by atoms with van der Waals surface area (Å²) in [5.41, 5.74) is 7.28. The summed E-state index contributed by atoms with van der Waals surface area (Å²) in [6, 6.07) is 17.8. The normalized spacial score (nSPS) is 11.5. The highest BCUT2D eigenvalue weighted by molar-refractivity contribution is 9.10. The highest BCUT2D eigenvalue weighted by atomic mass is 79.9. The van der Waals surface area contributed by atoms with Crippen LogP contribution in [0.5, 0.6) is 5.75 Å². The van der Waals surface area contributed by atoms with Crippen LogP contribution in [-0.2, 0) is 10.0 Å². The summed E-state index contributed by atoms with van der Waals surface area (Å²) in [4.78, 5) is 9.93. The quantitative estimate of drug-likeness (QED) is 0.340. The SMILES string of the molecule is Nc1ccc(S(=O)(=O)Nc2nc3cc(Br)ccc3nc2Sc2ccc(O)cc2)cc1. The molecule has 0 saturated carbocycles. The van der Waals surface area contributed by atoms with Crippen LogP contribution in [0.1, 0.15) is 0 Å². The summed E-state index contributed by atoms with van der Waals surface area (Å²) in [5.74, 6) is 0.244. The molecule has 0 spiro atoms. The molecule has 7 nitrogen and oxygen atoms in total. The van der Waals surface area contributed by atoms with Crippen molar-refractivity contribution < 1.29 is 13.5 Å². The summed E-state index contributed by atoms with van der Waals surface area (Å²) in [6.07, 6.45) is 0. The second-order valence-electron chi connectivity index (χ2n) is 6.28. The van der Waals surface area contributed by atoms with Crippen molar-refractivity contribution >= 4 is 60.3 Å². The number of hydrogen-bond acceptors (Lipinski definition) is 7. The van der Waals surface area contributed by atoms with Crippen molar-refractivity contribution in [1.29, 1.82) is 0 Å². The largest absolute Gasteiger partial charge is 0.508 e. The molecule has 0 amide bonds. The molecule has 4 rings (SSSR count). The molecule has 1 heterocycles. The molecule has 1 aromatic heterocycles. The molecule has 0 bridgehead atoms. The van der Waals surface area contributed by atoms with E-state index in [2.05, 4.69) is 30.6 Å². The Kier molecular flexibility index (Phi) is 5.54. The molecule has 0 radical (unpaired) electrons. The number of nitrogen functional groups attached to an aromatic ring is 1. The molecule has 0 atom stereocenters. The Hall–Kier alpha value is -2.82. The number of benzene rings is 3. The van der Waals surface area contributed by atoms with Crippen molar-refractivity contribution in [2.24, 2.45) is 0 Å². The Morgan fingerprint density at radius 2 is 1.63 bits per heavy atom. The van der Waals surface area contributed by atoms with Crippen molar-refractivity contribution in [3.8, 4) is 5.75 Å². The number of nitrogens with one attached hydrogen (secondary N) is 1. The highest BCUT2D eigenvalue weighted by Crippen LogP contribution is 2.34. The fourth-order valence-corrected chi connectivity index (χ4v) is 4.86. The van der Waals surface area contributed by atoms with Crippen LogP contribution in [0, 0.1) is 0 Å². The van der Waals surface area contributed by atoms with Gasteiger partial charge in [0.15, 0.2) is 5.82 Å². The number of anilines is 2. The number of phenolic OH excluding ortho intramolecular Hbond substituents is 1. The van der Waals surface area contributed by atoms with E-state index in [-0.39, 0.29) is 16.5 Å². The number of hydrogen-bond donors (Lipinski definition) is 3. The first-order valence-electron chi connectivity index (χ1n) is 8.63. The van der Waals surface area contributed by atoms with Gasteiger partial charge >= 0.3 is 0 Å². The first-order chi connectivity index (χ1) is 14.3. The Bertz CT molecular complexity index is 1330. The summed E-state index contributed by atoms with van der Waals surface area (Å²) < 4.78 is 29.1. The maximum atomic E-state index is 12.9. The summed E-state index contributed by atoms with van der Waals surface area (Å²) >= 11 is 4.63. The third-order valence-electron chi connectivity index (χ3n) is 4.07. The van der Waals surface area contributed by atoms with Crippen LogP contribution in [0.25, 0.3) is 11.0 Å². The molecule has 4 N–H and O–H groups in total. The summed E-state index contributed by atoms with van der Waals surface area (Å²) in [6.45, 7) is 0. The van der Waals surface area contributed by atoms with Gasteiger partial charge in [0.1, 0.15) is 10.8 Å². The third kappa shape index (κ3) is 4.50. The molecule has 152 valence electrons. The van der Waals surface area contributed by atoms with Crippen LogP contribution < -0.4 is 10.5 Å². The number of aromatic nitrogens is 2. The number of phenols is 1. The fraction of sp³-hybridized carbons (Fsp3) is 0. The van der Waals surface area contributed by atoms with Crippen molar-refractivity contribution in [1.82, 2.24) is 9.97 Å². The van der Waals surface area contributed by atoms with E-state index < -0.39 is 10.0 Å². The van der Waals surface area contributed by atoms with Crippen molar-refractivity contribution in [2.75, 3.05) is 10.5 Å². The van der Waals surface area contributed by atoms with Crippen LogP contribution in [-0.4, -0.2) is 23.5 Å². The Labute approximate surface area is 185 Å². The number of fused-ring (bicyclic) bond motifs is 1. The van der Waals surface area contributed by atoms with Crippen LogP contribution >= 0.6 is 27.7 Å². The zero-order valence-electron chi connectivity index (χ0n) is 15.3. The smallest absolute Gasteiger partial charge is 0.263 e. The minimum Gasteiger partial charge on any atom is -0.508 e. The molecule has 0 aliphatic rings. The maximum absolute atomic E-state index is 12.9. The molecule has 10 heteroatoms. The van der Waals surface area contributed by atoms with Gasteiger partial charge in [0, 0.05) is 15.1 Å². The average molecular weight is 503 g/mol. The number of aromatic hydroxyl groups is 1. The monoisotopic (exact) mass is 502 g/mol. The van der Waals surface area contributed by atoms with Gasteiger partial charge in [0.05, 0.1) is 15.9 Å². The second kappa shape index (κ2) is 8.13. The molecule has 0 fully saturated rings. The zero-order valence-corrected chi connectivity index (χ0v) is 18.5. The maximum Gasteiger partial charge on any atom is 0.263 e. The Morgan fingerprint density at radius 1 is 0.933 bits per heavy atom. The number of halogens is 1. The molecule has 0 aliphatic carbocycles. The van der Waals surface area contributed by atoms with Crippen molar-refractivity contribution in [3.05, 3.63) is 71.2 Å². The van der Waals surface area contributed by atoms with Gasteiger partial charge in [0.25, 0.3) is 10.0 Å². The number of nitrogens with zero attached hydrogens (tertiary/aromatic N) is 2. The van der Waals surface area contributed by atoms with E-state index in [0.717, 1.165) is 9.37 Å². The average Bonchev–Trinajstić information content (AvgIpc) is 2.70. The van der Waals surface area contributed by atoms with Gasteiger partial charge in [-0.1, -0.05) is 27.7 Å². The van der Waals surface area contributed by atoms with Crippen LogP contribution in [0.15, 0.2) is 86.0 Å². The molecule has 30 heavy (non-hydrogen) atoms. The van der Waals surface area contributed by atoms with E-state index in [0.29, 0.717) is 21.7 Å².